The van der Waals surface area contributed by atoms with Crippen LogP contribution in [0.2, 0.25) is 15.1 Å². The second-order valence-electron chi connectivity index (χ2n) is 6.03. The number of thioether (sulfide) groups is 1. The van der Waals surface area contributed by atoms with Gasteiger partial charge in [-0.05, 0) is 66.3 Å². The molecule has 26 heavy (non-hydrogen) atoms. The highest BCUT2D eigenvalue weighted by Crippen LogP contribution is 2.32. The van der Waals surface area contributed by atoms with Crippen LogP contribution in [0.25, 0.3) is 0 Å². The molecule has 0 N–H and O–H groups in total. The lowest BCUT2D eigenvalue weighted by Gasteiger charge is -2.25. The van der Waals surface area contributed by atoms with Crippen molar-refractivity contribution in [3.8, 4) is 0 Å². The van der Waals surface area contributed by atoms with Gasteiger partial charge in [0.1, 0.15) is 0 Å². The van der Waals surface area contributed by atoms with E-state index in [1.807, 2.05) is 16.1 Å². The number of benzene rings is 2. The second kappa shape index (κ2) is 10.8. The average molecular weight is 451 g/mol. The lowest BCUT2D eigenvalue weighted by molar-refractivity contribution is 0.676. The minimum absolute atomic E-state index is 0.535. The summed E-state index contributed by atoms with van der Waals surface area (Å²) in [7, 11) is -1.39. The fourth-order valence-electron chi connectivity index (χ4n) is 2.32. The number of unbranched alkanes of at least 4 members (excludes halogenated alkanes) is 1. The molecule has 1 unspecified atom stereocenters. The molecular formula is C19H22Cl3NOS2. The van der Waals surface area contributed by atoms with Crippen LogP contribution in [-0.2, 0) is 11.0 Å². The van der Waals surface area contributed by atoms with E-state index in [0.29, 0.717) is 37.4 Å². The van der Waals surface area contributed by atoms with Crippen LogP contribution in [0.5, 0.6) is 0 Å². The molecule has 0 heterocycles. The summed E-state index contributed by atoms with van der Waals surface area (Å²) in [5.74, 6) is 1.09. The van der Waals surface area contributed by atoms with Crippen LogP contribution in [0.1, 0.15) is 26.7 Å². The van der Waals surface area contributed by atoms with E-state index in [4.69, 9.17) is 34.8 Å². The fourth-order valence-corrected chi connectivity index (χ4v) is 4.98. The lowest BCUT2D eigenvalue weighted by Crippen LogP contribution is -2.27. The summed E-state index contributed by atoms with van der Waals surface area (Å²) >= 11 is 20.4. The third-order valence-electron chi connectivity index (χ3n) is 3.60. The summed E-state index contributed by atoms with van der Waals surface area (Å²) in [6, 6.07) is 12.3. The number of halogens is 3. The van der Waals surface area contributed by atoms with Crippen molar-refractivity contribution < 1.29 is 4.21 Å². The topological polar surface area (TPSA) is 20.3 Å². The lowest BCUT2D eigenvalue weighted by atomic mass is 10.3. The van der Waals surface area contributed by atoms with Crippen LogP contribution >= 0.6 is 46.6 Å². The van der Waals surface area contributed by atoms with Crippen molar-refractivity contribution in [3.05, 3.63) is 57.5 Å². The predicted octanol–water partition coefficient (Wildman–Crippen LogP) is 7.10. The normalized spacial score (nSPS) is 12.4. The first kappa shape index (κ1) is 21.9. The quantitative estimate of drug-likeness (QED) is 0.380. The molecule has 0 aliphatic carbocycles. The molecule has 0 amide bonds. The van der Waals surface area contributed by atoms with Gasteiger partial charge in [-0.1, -0.05) is 48.7 Å². The molecule has 142 valence electrons. The Morgan fingerprint density at radius 3 is 2.31 bits per heavy atom. The molecule has 0 bridgehead atoms. The SMILES string of the molecule is CC(C)SCCCCN(c1cc(Cl)ccc1Cl)S(=O)c1ccc(Cl)cc1. The van der Waals surface area contributed by atoms with Crippen molar-refractivity contribution in [1.82, 2.24) is 0 Å². The number of nitrogens with zero attached hydrogens (tertiary/aromatic N) is 1. The summed E-state index contributed by atoms with van der Waals surface area (Å²) < 4.78 is 15.0. The maximum absolute atomic E-state index is 13.2. The summed E-state index contributed by atoms with van der Waals surface area (Å²) in [5.41, 5.74) is 0.684. The Labute approximate surface area is 177 Å². The minimum Gasteiger partial charge on any atom is -0.286 e. The van der Waals surface area contributed by atoms with Gasteiger partial charge in [-0.3, -0.25) is 4.31 Å². The Bertz CT molecular complexity index is 738. The van der Waals surface area contributed by atoms with E-state index in [9.17, 15) is 4.21 Å². The molecule has 0 fully saturated rings. The van der Waals surface area contributed by atoms with Crippen LogP contribution < -0.4 is 4.31 Å². The highest BCUT2D eigenvalue weighted by atomic mass is 35.5. The first-order valence-corrected chi connectivity index (χ1v) is 11.7. The van der Waals surface area contributed by atoms with Crippen LogP contribution in [-0.4, -0.2) is 21.8 Å². The zero-order chi connectivity index (χ0) is 19.1. The highest BCUT2D eigenvalue weighted by molar-refractivity contribution is 7.99. The largest absolute Gasteiger partial charge is 0.286 e. The van der Waals surface area contributed by atoms with E-state index in [0.717, 1.165) is 18.6 Å². The van der Waals surface area contributed by atoms with Gasteiger partial charge in [-0.2, -0.15) is 11.8 Å². The number of anilines is 1. The molecule has 0 radical (unpaired) electrons. The highest BCUT2D eigenvalue weighted by Gasteiger charge is 2.19. The fraction of sp³-hybridized carbons (Fsp3) is 0.368. The molecule has 0 aliphatic heterocycles. The Morgan fingerprint density at radius 2 is 1.65 bits per heavy atom. The van der Waals surface area contributed by atoms with Crippen LogP contribution in [0.3, 0.4) is 0 Å². The summed E-state index contributed by atoms with van der Waals surface area (Å²) in [6.07, 6.45) is 1.97. The molecule has 0 aromatic heterocycles. The molecule has 0 saturated heterocycles. The second-order valence-corrected chi connectivity index (χ2v) is 10.4. The maximum atomic E-state index is 13.2. The smallest absolute Gasteiger partial charge is 0.152 e. The molecule has 2 nitrogen and oxygen atoms in total. The molecule has 2 aromatic rings. The predicted molar refractivity (Wildman–Crippen MR) is 118 cm³/mol. The van der Waals surface area contributed by atoms with Crippen molar-refractivity contribution in [1.29, 1.82) is 0 Å². The van der Waals surface area contributed by atoms with Gasteiger partial charge < -0.3 is 0 Å². The molecule has 7 heteroatoms. The van der Waals surface area contributed by atoms with E-state index in [1.165, 1.54) is 0 Å². The molecule has 2 aromatic carbocycles. The number of hydrogen-bond donors (Lipinski definition) is 0. The van der Waals surface area contributed by atoms with E-state index >= 15 is 0 Å². The summed E-state index contributed by atoms with van der Waals surface area (Å²) in [6.45, 7) is 5.02. The first-order chi connectivity index (χ1) is 12.4. The van der Waals surface area contributed by atoms with Gasteiger partial charge in [-0.15, -0.1) is 0 Å². The summed E-state index contributed by atoms with van der Waals surface area (Å²) in [4.78, 5) is 0.682. The van der Waals surface area contributed by atoms with Gasteiger partial charge in [-0.25, -0.2) is 4.21 Å². The Morgan fingerprint density at radius 1 is 1.00 bits per heavy atom. The van der Waals surface area contributed by atoms with Crippen LogP contribution in [0, 0.1) is 0 Å². The van der Waals surface area contributed by atoms with Gasteiger partial charge in [0.15, 0.2) is 11.0 Å². The Kier molecular flexibility index (Phi) is 9.11. The number of hydrogen-bond acceptors (Lipinski definition) is 2. The van der Waals surface area contributed by atoms with Gasteiger partial charge in [0.05, 0.1) is 15.6 Å². The molecule has 0 spiro atoms. The van der Waals surface area contributed by atoms with Gasteiger partial charge in [0.25, 0.3) is 0 Å². The molecular weight excluding hydrogens is 429 g/mol. The van der Waals surface area contributed by atoms with E-state index < -0.39 is 11.0 Å². The standard InChI is InChI=1S/C19H22Cl3NOS2/c1-14(2)25-12-4-3-11-23(19-13-16(21)7-10-18(19)22)26(24)17-8-5-15(20)6-9-17/h5-10,13-14H,3-4,11-12H2,1-2H3. The Balaban J connectivity index is 2.19. The zero-order valence-electron chi connectivity index (χ0n) is 14.8. The van der Waals surface area contributed by atoms with Crippen molar-refractivity contribution >= 4 is 63.2 Å². The van der Waals surface area contributed by atoms with E-state index in [1.54, 1.807) is 42.5 Å². The number of rotatable bonds is 9. The van der Waals surface area contributed by atoms with E-state index in [-0.39, 0.29) is 0 Å². The molecule has 2 rings (SSSR count). The summed E-state index contributed by atoms with van der Waals surface area (Å²) in [5, 5.41) is 2.34. The monoisotopic (exact) mass is 449 g/mol. The molecule has 1 atom stereocenters. The van der Waals surface area contributed by atoms with Gasteiger partial charge in [0.2, 0.25) is 0 Å². The van der Waals surface area contributed by atoms with Crippen LogP contribution in [0.15, 0.2) is 47.4 Å². The average Bonchev–Trinajstić information content (AvgIpc) is 2.60. The van der Waals surface area contributed by atoms with Crippen LogP contribution in [0.4, 0.5) is 5.69 Å². The van der Waals surface area contributed by atoms with Crippen molar-refractivity contribution in [2.75, 3.05) is 16.6 Å². The van der Waals surface area contributed by atoms with E-state index in [2.05, 4.69) is 13.8 Å². The van der Waals surface area contributed by atoms with Crippen molar-refractivity contribution in [2.24, 2.45) is 0 Å². The maximum Gasteiger partial charge on any atom is 0.152 e. The third-order valence-corrected chi connectivity index (χ3v) is 7.05. The van der Waals surface area contributed by atoms with Gasteiger partial charge >= 0.3 is 0 Å². The Hall–Kier alpha value is -0.390. The molecule has 0 aliphatic rings. The first-order valence-electron chi connectivity index (χ1n) is 8.40. The van der Waals surface area contributed by atoms with Gasteiger partial charge in [0, 0.05) is 16.6 Å². The minimum atomic E-state index is -1.39. The molecule has 0 saturated carbocycles. The zero-order valence-corrected chi connectivity index (χ0v) is 18.7. The third kappa shape index (κ3) is 6.65. The van der Waals surface area contributed by atoms with Crippen molar-refractivity contribution in [3.63, 3.8) is 0 Å². The van der Waals surface area contributed by atoms with Crippen molar-refractivity contribution in [2.45, 2.75) is 36.8 Å².